The van der Waals surface area contributed by atoms with Gasteiger partial charge in [0.15, 0.2) is 0 Å². The summed E-state index contributed by atoms with van der Waals surface area (Å²) in [6, 6.07) is 3.58. The van der Waals surface area contributed by atoms with Gasteiger partial charge in [-0.3, -0.25) is 0 Å². The van der Waals surface area contributed by atoms with Crippen molar-refractivity contribution in [3.05, 3.63) is 23.8 Å². The van der Waals surface area contributed by atoms with Crippen LogP contribution in [-0.2, 0) is 10.0 Å². The summed E-state index contributed by atoms with van der Waals surface area (Å²) in [5, 5.41) is 17.8. The normalized spacial score (nSPS) is 12.9. The number of hydrogen-bond acceptors (Lipinski definition) is 5. The van der Waals surface area contributed by atoms with Gasteiger partial charge < -0.3 is 14.9 Å². The molecule has 0 amide bonds. The second-order valence-electron chi connectivity index (χ2n) is 4.31. The van der Waals surface area contributed by atoms with Gasteiger partial charge in [-0.25, -0.2) is 17.9 Å². The van der Waals surface area contributed by atoms with Crippen LogP contribution in [0.3, 0.4) is 0 Å². The lowest BCUT2D eigenvalue weighted by Gasteiger charge is -2.13. The van der Waals surface area contributed by atoms with E-state index in [2.05, 4.69) is 4.72 Å². The third-order valence-corrected chi connectivity index (χ3v) is 4.08. The summed E-state index contributed by atoms with van der Waals surface area (Å²) in [7, 11) is -2.62. The number of carbonyl (C=O) groups is 1. The minimum Gasteiger partial charge on any atom is -0.495 e. The topological polar surface area (TPSA) is 113 Å². The number of carboxylic acids is 1. The van der Waals surface area contributed by atoms with Crippen molar-refractivity contribution >= 4 is 16.0 Å². The van der Waals surface area contributed by atoms with Gasteiger partial charge in [-0.15, -0.1) is 0 Å². The molecule has 8 heteroatoms. The number of carboxylic acid groups (broad SMARTS) is 1. The van der Waals surface area contributed by atoms with Gasteiger partial charge in [0.25, 0.3) is 0 Å². The SMILES string of the molecule is COc1ccc(C(=O)O)cc1S(=O)(=O)NCC(C)CO. The first-order valence-electron chi connectivity index (χ1n) is 5.83. The summed E-state index contributed by atoms with van der Waals surface area (Å²) in [6.45, 7) is 1.56. The first-order valence-corrected chi connectivity index (χ1v) is 7.32. The zero-order valence-corrected chi connectivity index (χ0v) is 12.0. The number of methoxy groups -OCH3 is 1. The number of benzene rings is 1. The van der Waals surface area contributed by atoms with Crippen molar-refractivity contribution in [1.29, 1.82) is 0 Å². The molecule has 1 unspecified atom stereocenters. The maximum Gasteiger partial charge on any atom is 0.335 e. The lowest BCUT2D eigenvalue weighted by Crippen LogP contribution is -2.30. The molecule has 0 aliphatic heterocycles. The highest BCUT2D eigenvalue weighted by Gasteiger charge is 2.21. The van der Waals surface area contributed by atoms with Crippen LogP contribution in [0.5, 0.6) is 5.75 Å². The van der Waals surface area contributed by atoms with E-state index in [4.69, 9.17) is 14.9 Å². The van der Waals surface area contributed by atoms with Crippen molar-refractivity contribution in [2.45, 2.75) is 11.8 Å². The molecule has 0 bridgehead atoms. The van der Waals surface area contributed by atoms with E-state index in [1.54, 1.807) is 6.92 Å². The van der Waals surface area contributed by atoms with Crippen LogP contribution in [0.25, 0.3) is 0 Å². The van der Waals surface area contributed by atoms with Crippen LogP contribution in [-0.4, -0.2) is 44.9 Å². The first-order chi connectivity index (χ1) is 9.31. The lowest BCUT2D eigenvalue weighted by molar-refractivity contribution is 0.0696. The van der Waals surface area contributed by atoms with Crippen LogP contribution in [0.15, 0.2) is 23.1 Å². The summed E-state index contributed by atoms with van der Waals surface area (Å²) in [5.41, 5.74) is -0.151. The predicted molar refractivity (Wildman–Crippen MR) is 71.4 cm³/mol. The Morgan fingerprint density at radius 2 is 2.10 bits per heavy atom. The fraction of sp³-hybridized carbons (Fsp3) is 0.417. The second kappa shape index (κ2) is 6.69. The van der Waals surface area contributed by atoms with E-state index in [9.17, 15) is 13.2 Å². The smallest absolute Gasteiger partial charge is 0.335 e. The molecule has 0 saturated heterocycles. The van der Waals surface area contributed by atoms with E-state index in [0.29, 0.717) is 0 Å². The molecule has 112 valence electrons. The van der Waals surface area contributed by atoms with E-state index >= 15 is 0 Å². The quantitative estimate of drug-likeness (QED) is 0.668. The van der Waals surface area contributed by atoms with Crippen LogP contribution < -0.4 is 9.46 Å². The molecule has 7 nitrogen and oxygen atoms in total. The summed E-state index contributed by atoms with van der Waals surface area (Å²) in [6.07, 6.45) is 0. The average Bonchev–Trinajstić information content (AvgIpc) is 2.43. The molecule has 1 aromatic carbocycles. The van der Waals surface area contributed by atoms with E-state index in [1.807, 2.05) is 0 Å². The van der Waals surface area contributed by atoms with Gasteiger partial charge in [0.05, 0.1) is 12.7 Å². The maximum atomic E-state index is 12.1. The fourth-order valence-corrected chi connectivity index (χ4v) is 2.77. The minimum absolute atomic E-state index is 0.0410. The average molecular weight is 303 g/mol. The van der Waals surface area contributed by atoms with Crippen LogP contribution in [0.2, 0.25) is 0 Å². The number of aliphatic hydroxyl groups is 1. The Morgan fingerprint density at radius 3 is 2.60 bits per heavy atom. The molecule has 1 rings (SSSR count). The number of aliphatic hydroxyl groups excluding tert-OH is 1. The summed E-state index contributed by atoms with van der Waals surface area (Å²) in [5.74, 6) is -1.43. The van der Waals surface area contributed by atoms with Crippen molar-refractivity contribution in [3.8, 4) is 5.75 Å². The molecule has 0 fully saturated rings. The van der Waals surface area contributed by atoms with E-state index in [1.165, 1.54) is 19.2 Å². The number of nitrogens with one attached hydrogen (secondary N) is 1. The highest BCUT2D eigenvalue weighted by molar-refractivity contribution is 7.89. The van der Waals surface area contributed by atoms with Gasteiger partial charge in [0.1, 0.15) is 10.6 Å². The molecule has 0 radical (unpaired) electrons. The van der Waals surface area contributed by atoms with Crippen molar-refractivity contribution in [2.24, 2.45) is 5.92 Å². The molecule has 0 spiro atoms. The Labute approximate surface area is 117 Å². The van der Waals surface area contributed by atoms with Gasteiger partial charge in [-0.1, -0.05) is 6.92 Å². The molecule has 0 aliphatic carbocycles. The third kappa shape index (κ3) is 3.92. The Kier molecular flexibility index (Phi) is 5.49. The van der Waals surface area contributed by atoms with Gasteiger partial charge >= 0.3 is 5.97 Å². The lowest BCUT2D eigenvalue weighted by atomic mass is 10.2. The molecule has 0 aliphatic rings. The summed E-state index contributed by atoms with van der Waals surface area (Å²) >= 11 is 0. The molecule has 3 N–H and O–H groups in total. The molecule has 0 aromatic heterocycles. The van der Waals surface area contributed by atoms with Gasteiger partial charge in [0, 0.05) is 13.2 Å². The molecule has 1 atom stereocenters. The number of hydrogen-bond donors (Lipinski definition) is 3. The zero-order chi connectivity index (χ0) is 15.3. The van der Waals surface area contributed by atoms with E-state index < -0.39 is 16.0 Å². The highest BCUT2D eigenvalue weighted by Crippen LogP contribution is 2.24. The van der Waals surface area contributed by atoms with Crippen LogP contribution in [0.1, 0.15) is 17.3 Å². The second-order valence-corrected chi connectivity index (χ2v) is 6.05. The van der Waals surface area contributed by atoms with Gasteiger partial charge in [-0.05, 0) is 24.1 Å². The minimum atomic E-state index is -3.91. The van der Waals surface area contributed by atoms with Crippen LogP contribution in [0.4, 0.5) is 0 Å². The highest BCUT2D eigenvalue weighted by atomic mass is 32.2. The number of aromatic carboxylic acids is 1. The summed E-state index contributed by atoms with van der Waals surface area (Å²) < 4.78 is 31.5. The number of sulfonamides is 1. The first kappa shape index (κ1) is 16.4. The van der Waals surface area contributed by atoms with Crippen molar-refractivity contribution in [3.63, 3.8) is 0 Å². The van der Waals surface area contributed by atoms with Gasteiger partial charge in [-0.2, -0.15) is 0 Å². The predicted octanol–water partition coefficient (Wildman–Crippen LogP) is 0.300. The Bertz CT molecular complexity index is 584. The molecule has 0 heterocycles. The van der Waals surface area contributed by atoms with Gasteiger partial charge in [0.2, 0.25) is 10.0 Å². The van der Waals surface area contributed by atoms with Crippen molar-refractivity contribution < 1.29 is 28.2 Å². The largest absolute Gasteiger partial charge is 0.495 e. The van der Waals surface area contributed by atoms with E-state index in [0.717, 1.165) is 6.07 Å². The number of ether oxygens (including phenoxy) is 1. The molecular weight excluding hydrogens is 286 g/mol. The third-order valence-electron chi connectivity index (χ3n) is 2.63. The summed E-state index contributed by atoms with van der Waals surface area (Å²) in [4.78, 5) is 10.7. The van der Waals surface area contributed by atoms with Crippen LogP contribution >= 0.6 is 0 Å². The Balaban J connectivity index is 3.14. The monoisotopic (exact) mass is 303 g/mol. The standard InChI is InChI=1S/C12H17NO6S/c1-8(7-14)6-13-20(17,18)11-5-9(12(15)16)3-4-10(11)19-2/h3-5,8,13-14H,6-7H2,1-2H3,(H,15,16). The Hall–Kier alpha value is -1.64. The molecule has 1 aromatic rings. The molecule has 0 saturated carbocycles. The zero-order valence-electron chi connectivity index (χ0n) is 11.2. The van der Waals surface area contributed by atoms with Crippen molar-refractivity contribution in [2.75, 3.05) is 20.3 Å². The molecular formula is C12H17NO6S. The van der Waals surface area contributed by atoms with Crippen molar-refractivity contribution in [1.82, 2.24) is 4.72 Å². The number of rotatable bonds is 7. The Morgan fingerprint density at radius 1 is 1.45 bits per heavy atom. The maximum absolute atomic E-state index is 12.1. The van der Waals surface area contributed by atoms with E-state index in [-0.39, 0.29) is 35.3 Å². The fourth-order valence-electron chi connectivity index (χ4n) is 1.41. The molecule has 20 heavy (non-hydrogen) atoms. The van der Waals surface area contributed by atoms with Crippen LogP contribution in [0, 0.1) is 5.92 Å².